The molecular formula is C16H19N3O. The average Bonchev–Trinajstić information content (AvgIpc) is 3.09. The molecule has 1 saturated carbocycles. The molecule has 1 aromatic heterocycles. The zero-order valence-corrected chi connectivity index (χ0v) is 12.0. The molecule has 0 bridgehead atoms. The van der Waals surface area contributed by atoms with Crippen molar-refractivity contribution in [2.24, 2.45) is 5.41 Å². The summed E-state index contributed by atoms with van der Waals surface area (Å²) < 4.78 is 5.56. The highest BCUT2D eigenvalue weighted by molar-refractivity contribution is 5.73. The number of nitrogens with zero attached hydrogens (tertiary/aromatic N) is 3. The largest absolute Gasteiger partial charge is 0.441 e. The van der Waals surface area contributed by atoms with Gasteiger partial charge in [-0.2, -0.15) is 5.26 Å². The van der Waals surface area contributed by atoms with E-state index in [1.54, 1.807) is 0 Å². The Kier molecular flexibility index (Phi) is 3.23. The summed E-state index contributed by atoms with van der Waals surface area (Å²) in [5.41, 5.74) is 2.97. The van der Waals surface area contributed by atoms with Crippen LogP contribution >= 0.6 is 0 Å². The van der Waals surface area contributed by atoms with Crippen molar-refractivity contribution in [1.29, 1.82) is 5.26 Å². The maximum Gasteiger partial charge on any atom is 0.192 e. The second-order valence-corrected chi connectivity index (χ2v) is 5.91. The lowest BCUT2D eigenvalue weighted by molar-refractivity contribution is 0.297. The highest BCUT2D eigenvalue weighted by Crippen LogP contribution is 2.45. The van der Waals surface area contributed by atoms with E-state index in [4.69, 9.17) is 9.68 Å². The van der Waals surface area contributed by atoms with Gasteiger partial charge in [0.1, 0.15) is 5.52 Å². The van der Waals surface area contributed by atoms with E-state index in [0.717, 1.165) is 43.5 Å². The van der Waals surface area contributed by atoms with Crippen molar-refractivity contribution in [3.05, 3.63) is 29.7 Å². The minimum absolute atomic E-state index is 0.0548. The van der Waals surface area contributed by atoms with Crippen LogP contribution in [0.2, 0.25) is 0 Å². The van der Waals surface area contributed by atoms with E-state index < -0.39 is 0 Å². The highest BCUT2D eigenvalue weighted by Gasteiger charge is 2.43. The third kappa shape index (κ3) is 2.68. The highest BCUT2D eigenvalue weighted by atomic mass is 16.3. The first kappa shape index (κ1) is 13.1. The molecule has 3 rings (SSSR count). The molecule has 0 unspecified atom stereocenters. The van der Waals surface area contributed by atoms with Crippen LogP contribution in [-0.4, -0.2) is 30.0 Å². The smallest absolute Gasteiger partial charge is 0.192 e. The molecule has 1 aromatic carbocycles. The summed E-state index contributed by atoms with van der Waals surface area (Å²) in [6, 6.07) is 8.63. The van der Waals surface area contributed by atoms with Gasteiger partial charge in [-0.1, -0.05) is 6.07 Å². The summed E-state index contributed by atoms with van der Waals surface area (Å²) in [6.45, 7) is 3.71. The van der Waals surface area contributed by atoms with Gasteiger partial charge in [0.05, 0.1) is 11.5 Å². The van der Waals surface area contributed by atoms with Crippen LogP contribution in [0.3, 0.4) is 0 Å². The number of oxazole rings is 1. The molecule has 4 heteroatoms. The van der Waals surface area contributed by atoms with E-state index in [0.29, 0.717) is 5.89 Å². The molecule has 0 spiro atoms. The number of hydrogen-bond acceptors (Lipinski definition) is 4. The van der Waals surface area contributed by atoms with Crippen LogP contribution in [0, 0.1) is 23.7 Å². The molecule has 0 N–H and O–H groups in total. The monoisotopic (exact) mass is 269 g/mol. The lowest BCUT2D eigenvalue weighted by Crippen LogP contribution is -2.28. The summed E-state index contributed by atoms with van der Waals surface area (Å²) in [6.07, 6.45) is 3.07. The molecule has 20 heavy (non-hydrogen) atoms. The summed E-state index contributed by atoms with van der Waals surface area (Å²) in [7, 11) is 2.09. The number of aromatic nitrogens is 1. The first-order chi connectivity index (χ1) is 9.60. The van der Waals surface area contributed by atoms with E-state index in [2.05, 4.69) is 35.1 Å². The zero-order chi connectivity index (χ0) is 14.2. The first-order valence-corrected chi connectivity index (χ1v) is 7.06. The van der Waals surface area contributed by atoms with Crippen LogP contribution in [0.15, 0.2) is 22.6 Å². The maximum atomic E-state index is 9.12. The van der Waals surface area contributed by atoms with Crippen molar-refractivity contribution >= 4 is 11.1 Å². The van der Waals surface area contributed by atoms with E-state index in [1.165, 1.54) is 5.56 Å². The molecule has 0 atom stereocenters. The van der Waals surface area contributed by atoms with Gasteiger partial charge in [-0.3, -0.25) is 0 Å². The quantitative estimate of drug-likeness (QED) is 0.837. The molecule has 0 aliphatic heterocycles. The Labute approximate surface area is 119 Å². The first-order valence-electron chi connectivity index (χ1n) is 7.06. The van der Waals surface area contributed by atoms with E-state index in [1.807, 2.05) is 13.0 Å². The van der Waals surface area contributed by atoms with Crippen molar-refractivity contribution in [1.82, 2.24) is 9.88 Å². The van der Waals surface area contributed by atoms with Crippen molar-refractivity contribution in [3.8, 4) is 6.07 Å². The second-order valence-electron chi connectivity index (χ2n) is 5.91. The third-order valence-corrected chi connectivity index (χ3v) is 4.01. The summed E-state index contributed by atoms with van der Waals surface area (Å²) >= 11 is 0. The topological polar surface area (TPSA) is 53.1 Å². The van der Waals surface area contributed by atoms with Crippen molar-refractivity contribution in [2.75, 3.05) is 20.1 Å². The fraction of sp³-hybridized carbons (Fsp3) is 0.500. The van der Waals surface area contributed by atoms with Gasteiger partial charge in [-0.05, 0) is 44.0 Å². The van der Waals surface area contributed by atoms with Gasteiger partial charge in [-0.15, -0.1) is 0 Å². The number of fused-ring (bicyclic) bond motifs is 1. The van der Waals surface area contributed by atoms with Gasteiger partial charge < -0.3 is 9.32 Å². The number of hydrogen-bond donors (Lipinski definition) is 0. The molecule has 1 aliphatic carbocycles. The molecule has 104 valence electrons. The fourth-order valence-corrected chi connectivity index (χ4v) is 2.61. The molecule has 2 aromatic rings. The van der Waals surface area contributed by atoms with Crippen LogP contribution in [0.4, 0.5) is 0 Å². The molecule has 1 fully saturated rings. The second kappa shape index (κ2) is 4.92. The number of benzene rings is 1. The predicted octanol–water partition coefficient (Wildman–Crippen LogP) is 2.91. The molecule has 0 radical (unpaired) electrons. The Morgan fingerprint density at radius 2 is 2.25 bits per heavy atom. The van der Waals surface area contributed by atoms with Crippen LogP contribution in [0.25, 0.3) is 11.1 Å². The lowest BCUT2D eigenvalue weighted by atomic mass is 10.1. The summed E-state index contributed by atoms with van der Waals surface area (Å²) in [5.74, 6) is 0.707. The van der Waals surface area contributed by atoms with Gasteiger partial charge in [0, 0.05) is 20.0 Å². The molecular weight excluding hydrogens is 250 g/mol. The maximum absolute atomic E-state index is 9.12. The van der Waals surface area contributed by atoms with Crippen molar-refractivity contribution < 1.29 is 4.42 Å². The summed E-state index contributed by atoms with van der Waals surface area (Å²) in [4.78, 5) is 6.56. The van der Waals surface area contributed by atoms with E-state index in [-0.39, 0.29) is 5.41 Å². The third-order valence-electron chi connectivity index (χ3n) is 4.01. The average molecular weight is 269 g/mol. The Morgan fingerprint density at radius 1 is 1.45 bits per heavy atom. The molecule has 4 nitrogen and oxygen atoms in total. The van der Waals surface area contributed by atoms with Gasteiger partial charge >= 0.3 is 0 Å². The molecule has 1 aliphatic rings. The number of nitriles is 1. The Balaban J connectivity index is 1.60. The van der Waals surface area contributed by atoms with Gasteiger partial charge in [0.2, 0.25) is 0 Å². The Bertz CT molecular complexity index is 664. The summed E-state index contributed by atoms with van der Waals surface area (Å²) in [5, 5.41) is 9.12. The van der Waals surface area contributed by atoms with Crippen molar-refractivity contribution in [2.45, 2.75) is 26.2 Å². The molecule has 0 amide bonds. The standard InChI is InChI=1S/C16H19N3O/c1-12-18-14-4-3-13(9-15(14)20-12)5-8-19(2)11-16(10-17)6-7-16/h3-4,9H,5-8,11H2,1-2H3. The number of rotatable bonds is 5. The molecule has 0 saturated heterocycles. The zero-order valence-electron chi connectivity index (χ0n) is 12.0. The fourth-order valence-electron chi connectivity index (χ4n) is 2.61. The SMILES string of the molecule is Cc1nc2ccc(CCN(C)CC3(C#N)CC3)cc2o1. The normalized spacial score (nSPS) is 16.5. The minimum atomic E-state index is -0.0548. The van der Waals surface area contributed by atoms with Gasteiger partial charge in [0.25, 0.3) is 0 Å². The van der Waals surface area contributed by atoms with Gasteiger partial charge in [-0.25, -0.2) is 4.98 Å². The number of likely N-dealkylation sites (N-methyl/N-ethyl adjacent to an activating group) is 1. The predicted molar refractivity (Wildman–Crippen MR) is 77.2 cm³/mol. The van der Waals surface area contributed by atoms with Crippen LogP contribution in [0.1, 0.15) is 24.3 Å². The Hall–Kier alpha value is -1.86. The van der Waals surface area contributed by atoms with Crippen LogP contribution in [-0.2, 0) is 6.42 Å². The molecule has 1 heterocycles. The van der Waals surface area contributed by atoms with Gasteiger partial charge in [0.15, 0.2) is 11.5 Å². The Morgan fingerprint density at radius 3 is 2.95 bits per heavy atom. The van der Waals surface area contributed by atoms with E-state index in [9.17, 15) is 0 Å². The minimum Gasteiger partial charge on any atom is -0.441 e. The van der Waals surface area contributed by atoms with Crippen LogP contribution < -0.4 is 0 Å². The van der Waals surface area contributed by atoms with E-state index >= 15 is 0 Å². The number of aryl methyl sites for hydroxylation is 1. The lowest BCUT2D eigenvalue weighted by Gasteiger charge is -2.19. The van der Waals surface area contributed by atoms with Crippen molar-refractivity contribution in [3.63, 3.8) is 0 Å². The van der Waals surface area contributed by atoms with Crippen LogP contribution in [0.5, 0.6) is 0 Å².